The van der Waals surface area contributed by atoms with Crippen LogP contribution in [-0.4, -0.2) is 32.5 Å². The average molecular weight is 304 g/mol. The molecule has 2 aromatic rings. The molecule has 1 heterocycles. The highest BCUT2D eigenvalue weighted by Gasteiger charge is 2.16. The molecule has 1 unspecified atom stereocenters. The van der Waals surface area contributed by atoms with Crippen LogP contribution in [-0.2, 0) is 4.79 Å². The van der Waals surface area contributed by atoms with E-state index in [1.807, 2.05) is 37.3 Å². The predicted molar refractivity (Wildman–Crippen MR) is 84.5 cm³/mol. The number of benzene rings is 1. The minimum atomic E-state index is -0.213. The topological polar surface area (TPSA) is 59.8 Å². The Morgan fingerprint density at radius 1 is 1.29 bits per heavy atom. The van der Waals surface area contributed by atoms with Crippen LogP contribution < -0.4 is 5.32 Å². The minimum Gasteiger partial charge on any atom is -0.355 e. The van der Waals surface area contributed by atoms with Gasteiger partial charge >= 0.3 is 0 Å². The SMILES string of the molecule is CC(C)CNC(=O)C(C)Sc1ncn(-c2ccccc2)n1. The zero-order valence-corrected chi connectivity index (χ0v) is 13.3. The number of nitrogens with zero attached hydrogens (tertiary/aromatic N) is 3. The van der Waals surface area contributed by atoms with Gasteiger partial charge in [0.2, 0.25) is 11.1 Å². The predicted octanol–water partition coefficient (Wildman–Crippen LogP) is 2.52. The molecular formula is C15H20N4OS. The molecule has 1 atom stereocenters. The number of aromatic nitrogens is 3. The molecule has 0 spiro atoms. The van der Waals surface area contributed by atoms with Crippen LogP contribution in [0.5, 0.6) is 0 Å². The molecule has 112 valence electrons. The summed E-state index contributed by atoms with van der Waals surface area (Å²) < 4.78 is 1.71. The van der Waals surface area contributed by atoms with Crippen molar-refractivity contribution >= 4 is 17.7 Å². The van der Waals surface area contributed by atoms with Gasteiger partial charge < -0.3 is 5.32 Å². The maximum atomic E-state index is 11.9. The van der Waals surface area contributed by atoms with Crippen LogP contribution in [0.1, 0.15) is 20.8 Å². The fourth-order valence-corrected chi connectivity index (χ4v) is 2.42. The Hall–Kier alpha value is -1.82. The summed E-state index contributed by atoms with van der Waals surface area (Å²) in [5.74, 6) is 0.464. The standard InChI is InChI=1S/C15H20N4OS/c1-11(2)9-16-14(20)12(3)21-15-17-10-19(18-15)13-7-5-4-6-8-13/h4-8,10-12H,9H2,1-3H3,(H,16,20). The van der Waals surface area contributed by atoms with Gasteiger partial charge in [0, 0.05) is 6.54 Å². The third kappa shape index (κ3) is 4.60. The smallest absolute Gasteiger partial charge is 0.233 e. The molecule has 0 fully saturated rings. The van der Waals surface area contributed by atoms with Gasteiger partial charge in [-0.1, -0.05) is 43.8 Å². The van der Waals surface area contributed by atoms with Crippen molar-refractivity contribution in [3.05, 3.63) is 36.7 Å². The summed E-state index contributed by atoms with van der Waals surface area (Å²) in [6.07, 6.45) is 1.66. The monoisotopic (exact) mass is 304 g/mol. The quantitative estimate of drug-likeness (QED) is 0.833. The molecule has 1 aromatic heterocycles. The molecule has 1 N–H and O–H groups in total. The van der Waals surface area contributed by atoms with Gasteiger partial charge in [0.15, 0.2) is 0 Å². The summed E-state index contributed by atoms with van der Waals surface area (Å²) >= 11 is 1.36. The maximum Gasteiger partial charge on any atom is 0.233 e. The van der Waals surface area contributed by atoms with E-state index in [1.165, 1.54) is 11.8 Å². The normalized spacial score (nSPS) is 12.4. The van der Waals surface area contributed by atoms with Gasteiger partial charge in [0.05, 0.1) is 10.9 Å². The highest BCUT2D eigenvalue weighted by atomic mass is 32.2. The summed E-state index contributed by atoms with van der Waals surface area (Å²) in [7, 11) is 0. The Labute approximate surface area is 129 Å². The summed E-state index contributed by atoms with van der Waals surface area (Å²) in [6, 6.07) is 9.78. The van der Waals surface area contributed by atoms with Crippen molar-refractivity contribution in [3.63, 3.8) is 0 Å². The molecule has 0 aliphatic heterocycles. The molecule has 0 radical (unpaired) electrons. The van der Waals surface area contributed by atoms with Crippen LogP contribution in [0.3, 0.4) is 0 Å². The lowest BCUT2D eigenvalue weighted by atomic mass is 10.2. The number of carbonyl (C=O) groups excluding carboxylic acids is 1. The molecule has 21 heavy (non-hydrogen) atoms. The van der Waals surface area contributed by atoms with Gasteiger partial charge in [-0.25, -0.2) is 9.67 Å². The van der Waals surface area contributed by atoms with Crippen molar-refractivity contribution in [2.45, 2.75) is 31.2 Å². The van der Waals surface area contributed by atoms with Crippen molar-refractivity contribution in [3.8, 4) is 5.69 Å². The second-order valence-electron chi connectivity index (χ2n) is 5.21. The second-order valence-corrected chi connectivity index (χ2v) is 6.51. The van der Waals surface area contributed by atoms with Gasteiger partial charge in [-0.15, -0.1) is 5.10 Å². The number of carbonyl (C=O) groups is 1. The highest BCUT2D eigenvalue weighted by Crippen LogP contribution is 2.19. The van der Waals surface area contributed by atoms with E-state index in [2.05, 4.69) is 29.2 Å². The van der Waals surface area contributed by atoms with Crippen molar-refractivity contribution in [1.82, 2.24) is 20.1 Å². The fourth-order valence-electron chi connectivity index (χ4n) is 1.67. The van der Waals surface area contributed by atoms with E-state index >= 15 is 0 Å². The Morgan fingerprint density at radius 2 is 2.00 bits per heavy atom. The van der Waals surface area contributed by atoms with E-state index in [9.17, 15) is 4.79 Å². The zero-order chi connectivity index (χ0) is 15.2. The van der Waals surface area contributed by atoms with E-state index in [4.69, 9.17) is 0 Å². The van der Waals surface area contributed by atoms with Gasteiger partial charge in [-0.3, -0.25) is 4.79 Å². The molecule has 0 aliphatic carbocycles. The largest absolute Gasteiger partial charge is 0.355 e. The third-order valence-corrected chi connectivity index (χ3v) is 3.79. The third-order valence-electron chi connectivity index (χ3n) is 2.83. The summed E-state index contributed by atoms with van der Waals surface area (Å²) in [5.41, 5.74) is 0.953. The van der Waals surface area contributed by atoms with Crippen LogP contribution >= 0.6 is 11.8 Å². The van der Waals surface area contributed by atoms with Gasteiger partial charge in [0.1, 0.15) is 6.33 Å². The zero-order valence-electron chi connectivity index (χ0n) is 12.5. The highest BCUT2D eigenvalue weighted by molar-refractivity contribution is 8.00. The number of hydrogen-bond donors (Lipinski definition) is 1. The Balaban J connectivity index is 1.95. The lowest BCUT2D eigenvalue weighted by Crippen LogP contribution is -2.33. The van der Waals surface area contributed by atoms with Gasteiger partial charge in [-0.2, -0.15) is 0 Å². The summed E-state index contributed by atoms with van der Waals surface area (Å²) in [5, 5.41) is 7.70. The number of amides is 1. The molecule has 6 heteroatoms. The number of hydrogen-bond acceptors (Lipinski definition) is 4. The van der Waals surface area contributed by atoms with E-state index in [1.54, 1.807) is 11.0 Å². The molecule has 0 saturated carbocycles. The lowest BCUT2D eigenvalue weighted by Gasteiger charge is -2.11. The maximum absolute atomic E-state index is 11.9. The molecule has 1 aromatic carbocycles. The molecule has 0 saturated heterocycles. The second kappa shape index (κ2) is 7.26. The van der Waals surface area contributed by atoms with Crippen LogP contribution in [0.15, 0.2) is 41.8 Å². The Bertz CT molecular complexity index is 582. The average Bonchev–Trinajstić information content (AvgIpc) is 2.94. The van der Waals surface area contributed by atoms with E-state index in [-0.39, 0.29) is 11.2 Å². The van der Waals surface area contributed by atoms with E-state index < -0.39 is 0 Å². The van der Waals surface area contributed by atoms with E-state index in [0.717, 1.165) is 5.69 Å². The van der Waals surface area contributed by atoms with Gasteiger partial charge in [-0.05, 0) is 25.0 Å². The molecule has 2 rings (SSSR count). The van der Waals surface area contributed by atoms with Crippen LogP contribution in [0.2, 0.25) is 0 Å². The molecule has 1 amide bonds. The Morgan fingerprint density at radius 3 is 2.67 bits per heavy atom. The first-order valence-electron chi connectivity index (χ1n) is 6.97. The van der Waals surface area contributed by atoms with Crippen LogP contribution in [0, 0.1) is 5.92 Å². The lowest BCUT2D eigenvalue weighted by molar-refractivity contribution is -0.120. The summed E-state index contributed by atoms with van der Waals surface area (Å²) in [4.78, 5) is 16.2. The first kappa shape index (κ1) is 15.6. The molecular weight excluding hydrogens is 284 g/mol. The minimum absolute atomic E-state index is 0.0183. The van der Waals surface area contributed by atoms with E-state index in [0.29, 0.717) is 17.6 Å². The van der Waals surface area contributed by atoms with Crippen LogP contribution in [0.4, 0.5) is 0 Å². The molecule has 0 bridgehead atoms. The number of nitrogens with one attached hydrogen (secondary N) is 1. The Kier molecular flexibility index (Phi) is 5.38. The number of rotatable bonds is 6. The fraction of sp³-hybridized carbons (Fsp3) is 0.400. The first-order chi connectivity index (χ1) is 10.1. The van der Waals surface area contributed by atoms with Crippen molar-refractivity contribution in [1.29, 1.82) is 0 Å². The van der Waals surface area contributed by atoms with Crippen molar-refractivity contribution in [2.24, 2.45) is 5.92 Å². The van der Waals surface area contributed by atoms with Crippen LogP contribution in [0.25, 0.3) is 5.69 Å². The number of para-hydroxylation sites is 1. The molecule has 0 aliphatic rings. The van der Waals surface area contributed by atoms with Gasteiger partial charge in [0.25, 0.3) is 0 Å². The van der Waals surface area contributed by atoms with Crippen molar-refractivity contribution in [2.75, 3.05) is 6.54 Å². The number of thioether (sulfide) groups is 1. The first-order valence-corrected chi connectivity index (χ1v) is 7.85. The summed E-state index contributed by atoms with van der Waals surface area (Å²) in [6.45, 7) is 6.70. The van der Waals surface area contributed by atoms with Crippen molar-refractivity contribution < 1.29 is 4.79 Å². The molecule has 5 nitrogen and oxygen atoms in total.